The lowest BCUT2D eigenvalue weighted by Crippen LogP contribution is -2.43. The van der Waals surface area contributed by atoms with Gasteiger partial charge in [-0.1, -0.05) is 352 Å². The molecule has 5 aliphatic carbocycles. The van der Waals surface area contributed by atoms with E-state index in [2.05, 4.69) is 76.0 Å². The van der Waals surface area contributed by atoms with E-state index in [4.69, 9.17) is 47.6 Å². The number of hydrogen-bond donors (Lipinski definition) is 9. The standard InChI is InChI=1S/C29H29N3O3.C28H30N2O2.C27H28N2O3.C18H19NO2.C17H17NO/c30-25-16-24(25)21-12-10-19(11-13-21)14-28(33)27(15-22-17-31-26-9-5-4-8-23(22)26)32-29(34)35-18-20-6-2-1-3-7-20;1-20(32-19-23-10-6-3-7-11-23)30-27(16-21-8-4-2-5-9-21)28(31)17-22-12-14-24(15-13-22)25-18-26(25)29;28-24-17-23(24)22-13-11-20(12-14-22)16-26(30)25(15-19-7-3-1-4-8-19)29-27(31)32-18-21-9-5-2-6-10-21;19-17-11-16(17)15-8-6-13(7-9-15)10-18(20)21-12-14-4-2-1-3-5-14;18-16-11-15(16)13-8-6-12(7-9-13)10-17(19)14-4-2-1-3-5-14/h1-13,17,24-25,27,31H,14-16,18,30H2,(H,32,34);2-15,25-27,30H,1,16-19,29H2;1-14,23-25H,15-18,28H2,(H,29,31);1-9,16-17H,10-12,19H2;1-9,15-16H,10-11,18H2. The lowest BCUT2D eigenvalue weighted by atomic mass is 9.96. The van der Waals surface area contributed by atoms with E-state index in [0.29, 0.717) is 99.3 Å². The smallest absolute Gasteiger partial charge is 0.408 e. The number of esters is 1. The van der Waals surface area contributed by atoms with Gasteiger partial charge in [-0.15, -0.1) is 0 Å². The van der Waals surface area contributed by atoms with Gasteiger partial charge in [-0.05, 0) is 152 Å². The Morgan fingerprint density at radius 2 is 0.554 bits per heavy atom. The second kappa shape index (κ2) is 49.3. The minimum atomic E-state index is -0.714. The largest absolute Gasteiger partial charge is 0.475 e. The van der Waals surface area contributed by atoms with Gasteiger partial charge < -0.3 is 68.6 Å². The molecule has 710 valence electrons. The van der Waals surface area contributed by atoms with E-state index in [9.17, 15) is 33.6 Å². The Morgan fingerprint density at radius 3 is 0.885 bits per heavy atom. The number of H-pyrrole nitrogens is 1. The summed E-state index contributed by atoms with van der Waals surface area (Å²) in [6.07, 6.45) is 8.88. The summed E-state index contributed by atoms with van der Waals surface area (Å²) in [6, 6.07) is 116. The summed E-state index contributed by atoms with van der Waals surface area (Å²) in [5, 5.41) is 9.84. The molecular formula is C119H123N9O11. The number of fused-ring (bicyclic) bond motifs is 1. The number of ketones is 4. The topological polar surface area (TPSA) is 338 Å². The molecule has 5 fully saturated rings. The third-order valence-electron chi connectivity index (χ3n) is 25.9. The fourth-order valence-corrected chi connectivity index (χ4v) is 17.0. The van der Waals surface area contributed by atoms with Crippen molar-refractivity contribution in [1.29, 1.82) is 0 Å². The van der Waals surface area contributed by atoms with Crippen LogP contribution in [0.1, 0.15) is 167 Å². The zero-order chi connectivity index (χ0) is 96.8. The summed E-state index contributed by atoms with van der Waals surface area (Å²) in [6.45, 7) is 5.02. The van der Waals surface area contributed by atoms with Gasteiger partial charge in [-0.25, -0.2) is 9.59 Å². The van der Waals surface area contributed by atoms with Gasteiger partial charge in [-0.3, -0.25) is 24.0 Å². The molecule has 1 heterocycles. The number of benzene rings is 13. The van der Waals surface area contributed by atoms with Gasteiger partial charge in [0.05, 0.1) is 24.5 Å². The van der Waals surface area contributed by atoms with Crippen molar-refractivity contribution < 1.29 is 52.5 Å². The normalized spacial score (nSPS) is 18.6. The SMILES string of the molecule is C=C(NC(Cc1ccccc1)C(=O)Cc1ccc(C2CC2N)cc1)OCc1ccccc1.NC1CC1c1ccc(CC(=O)C(Cc2c[nH]c3ccccc23)NC(=O)OCc2ccccc2)cc1.NC1CC1c1ccc(CC(=O)C(Cc2ccccc2)NC(=O)OCc2ccccc2)cc1.NC1CC1c1ccc(CC(=O)OCc2ccccc2)cc1.NC1CC1c1ccc(CC(=O)c2ccccc2)cc1. The number of ether oxygens (including phenoxy) is 4. The molecule has 0 aliphatic heterocycles. The maximum absolute atomic E-state index is 13.4. The first-order valence-corrected chi connectivity index (χ1v) is 48.0. The molecule has 20 heteroatoms. The van der Waals surface area contributed by atoms with E-state index in [0.717, 1.165) is 115 Å². The van der Waals surface area contributed by atoms with E-state index < -0.39 is 30.3 Å². The van der Waals surface area contributed by atoms with Gasteiger partial charge in [0.2, 0.25) is 0 Å². The molecule has 1 aromatic heterocycles. The van der Waals surface area contributed by atoms with Crippen LogP contribution in [0.5, 0.6) is 0 Å². The van der Waals surface area contributed by atoms with E-state index in [1.807, 2.05) is 316 Å². The lowest BCUT2D eigenvalue weighted by molar-refractivity contribution is -0.144. The maximum atomic E-state index is 13.4. The van der Waals surface area contributed by atoms with E-state index >= 15 is 0 Å². The highest BCUT2D eigenvalue weighted by Crippen LogP contribution is 2.43. The van der Waals surface area contributed by atoms with E-state index in [1.54, 1.807) is 0 Å². The fraction of sp³-hybridized carbons (Fsp3) is 0.252. The van der Waals surface area contributed by atoms with Crippen LogP contribution >= 0.6 is 0 Å². The van der Waals surface area contributed by atoms with Crippen molar-refractivity contribution in [3.8, 4) is 0 Å². The van der Waals surface area contributed by atoms with Crippen LogP contribution < -0.4 is 44.6 Å². The van der Waals surface area contributed by atoms with Crippen LogP contribution in [0.4, 0.5) is 9.59 Å². The Morgan fingerprint density at radius 1 is 0.288 bits per heavy atom. The first-order valence-electron chi connectivity index (χ1n) is 48.0. The zero-order valence-corrected chi connectivity index (χ0v) is 78.3. The van der Waals surface area contributed by atoms with Crippen LogP contribution in [-0.2, 0) is 116 Å². The van der Waals surface area contributed by atoms with Crippen LogP contribution in [0.3, 0.4) is 0 Å². The van der Waals surface area contributed by atoms with E-state index in [-0.39, 0.29) is 73.3 Å². The number of nitrogens with one attached hydrogen (secondary N) is 4. The van der Waals surface area contributed by atoms with Gasteiger partial charge in [0.15, 0.2) is 29.0 Å². The van der Waals surface area contributed by atoms with Gasteiger partial charge in [0.25, 0.3) is 0 Å². The monoisotopic (exact) mass is 1850 g/mol. The van der Waals surface area contributed by atoms with E-state index in [1.165, 1.54) is 27.8 Å². The third kappa shape index (κ3) is 31.1. The molecule has 13 aromatic carbocycles. The number of carbonyl (C=O) groups excluding carboxylic acids is 7. The molecule has 0 saturated heterocycles. The average Bonchev–Trinajstić information content (AvgIpc) is 1.80. The van der Waals surface area contributed by atoms with Crippen molar-refractivity contribution in [1.82, 2.24) is 20.9 Å². The molecule has 0 spiro atoms. The van der Waals surface area contributed by atoms with Gasteiger partial charge in [0.1, 0.15) is 26.4 Å². The number of aromatic amines is 1. The number of nitrogens with two attached hydrogens (primary N) is 5. The van der Waals surface area contributed by atoms with Crippen molar-refractivity contribution in [2.24, 2.45) is 28.7 Å². The zero-order valence-electron chi connectivity index (χ0n) is 78.3. The predicted molar refractivity (Wildman–Crippen MR) is 546 cm³/mol. The van der Waals surface area contributed by atoms with Crippen molar-refractivity contribution in [2.75, 3.05) is 0 Å². The summed E-state index contributed by atoms with van der Waals surface area (Å²) < 4.78 is 21.8. The van der Waals surface area contributed by atoms with Gasteiger partial charge in [0, 0.05) is 115 Å². The second-order valence-electron chi connectivity index (χ2n) is 36.8. The molecule has 139 heavy (non-hydrogen) atoms. The van der Waals surface area contributed by atoms with Crippen LogP contribution in [0.2, 0.25) is 0 Å². The quantitative estimate of drug-likeness (QED) is 0.00751. The third-order valence-corrected chi connectivity index (χ3v) is 25.9. The van der Waals surface area contributed by atoms with Crippen molar-refractivity contribution in [3.05, 3.63) is 477 Å². The first kappa shape index (κ1) is 98.7. The molecule has 20 nitrogen and oxygen atoms in total. The molecule has 13 atom stereocenters. The molecule has 0 radical (unpaired) electrons. The molecule has 19 rings (SSSR count). The highest BCUT2D eigenvalue weighted by atomic mass is 16.6. The number of carbonyl (C=O) groups is 7. The molecule has 5 saturated carbocycles. The minimum absolute atomic E-state index is 0.0543. The Labute approximate surface area is 813 Å². The lowest BCUT2D eigenvalue weighted by Gasteiger charge is -2.21. The molecule has 0 bridgehead atoms. The highest BCUT2D eigenvalue weighted by Gasteiger charge is 2.39. The number of rotatable bonds is 38. The maximum Gasteiger partial charge on any atom is 0.408 e. The number of hydrogen-bond acceptors (Lipinski definition) is 17. The number of aromatic nitrogens is 1. The molecule has 14 aromatic rings. The van der Waals surface area contributed by atoms with Gasteiger partial charge >= 0.3 is 18.2 Å². The fourth-order valence-electron chi connectivity index (χ4n) is 17.0. The predicted octanol–water partition coefficient (Wildman–Crippen LogP) is 19.0. The Hall–Kier alpha value is -14.8. The van der Waals surface area contributed by atoms with Crippen LogP contribution in [-0.4, -0.2) is 94.6 Å². The summed E-state index contributed by atoms with van der Waals surface area (Å²) in [5.41, 5.74) is 49.3. The number of para-hydroxylation sites is 1. The summed E-state index contributed by atoms with van der Waals surface area (Å²) in [5.74, 6) is 2.72. The molecule has 14 N–H and O–H groups in total. The number of Topliss-reactive ketones (excluding diaryl/α,β-unsaturated/α-hetero) is 4. The highest BCUT2D eigenvalue weighted by molar-refractivity contribution is 5.97. The minimum Gasteiger partial charge on any atom is -0.475 e. The summed E-state index contributed by atoms with van der Waals surface area (Å²) in [7, 11) is 0. The summed E-state index contributed by atoms with van der Waals surface area (Å²) in [4.78, 5) is 91.9. The Bertz CT molecular complexity index is 6150. The molecule has 5 aliphatic rings. The van der Waals surface area contributed by atoms with Crippen molar-refractivity contribution >= 4 is 52.2 Å². The number of amides is 2. The van der Waals surface area contributed by atoms with Crippen molar-refractivity contribution in [2.45, 2.75) is 188 Å². The average molecular weight is 1860 g/mol. The first-order chi connectivity index (χ1) is 67.7. The summed E-state index contributed by atoms with van der Waals surface area (Å²) >= 11 is 0. The molecular weight excluding hydrogens is 1730 g/mol. The van der Waals surface area contributed by atoms with Gasteiger partial charge in [-0.2, -0.15) is 0 Å². The van der Waals surface area contributed by atoms with Crippen LogP contribution in [0, 0.1) is 0 Å². The second-order valence-corrected chi connectivity index (χ2v) is 36.8. The van der Waals surface area contributed by atoms with Crippen molar-refractivity contribution in [3.63, 3.8) is 0 Å². The van der Waals surface area contributed by atoms with Crippen LogP contribution in [0.25, 0.3) is 10.9 Å². The Balaban J connectivity index is 0.000000134. The molecule has 13 unspecified atom stereocenters. The molecule has 2 amide bonds. The Kier molecular flexibility index (Phi) is 35.0. The number of alkyl carbamates (subject to hydrolysis) is 2. The van der Waals surface area contributed by atoms with Crippen LogP contribution in [0.15, 0.2) is 377 Å².